The van der Waals surface area contributed by atoms with E-state index in [1.54, 1.807) is 7.11 Å². The summed E-state index contributed by atoms with van der Waals surface area (Å²) in [7, 11) is 1.60. The van der Waals surface area contributed by atoms with Crippen LogP contribution in [0.3, 0.4) is 0 Å². The van der Waals surface area contributed by atoms with E-state index >= 15 is 0 Å². The molecular weight excluding hydrogens is 192 g/mol. The smallest absolute Gasteiger partial charge is 0.220 e. The Morgan fingerprint density at radius 3 is 2.93 bits per heavy atom. The van der Waals surface area contributed by atoms with E-state index in [4.69, 9.17) is 4.74 Å². The van der Waals surface area contributed by atoms with Gasteiger partial charge in [0, 0.05) is 30.6 Å². The maximum Gasteiger partial charge on any atom is 0.220 e. The van der Waals surface area contributed by atoms with E-state index in [1.807, 2.05) is 19.1 Å². The molecule has 1 unspecified atom stereocenters. The lowest BCUT2D eigenvalue weighted by Gasteiger charge is -2.10. The van der Waals surface area contributed by atoms with Crippen molar-refractivity contribution in [3.63, 3.8) is 0 Å². The van der Waals surface area contributed by atoms with Crippen LogP contribution in [0.5, 0.6) is 5.88 Å². The Hall–Kier alpha value is -1.58. The monoisotopic (exact) mass is 206 g/mol. The third kappa shape index (κ3) is 2.09. The van der Waals surface area contributed by atoms with E-state index in [1.165, 1.54) is 0 Å². The topological polar surface area (TPSA) is 51.2 Å². The van der Waals surface area contributed by atoms with E-state index < -0.39 is 0 Å². The largest absolute Gasteiger partial charge is 0.481 e. The van der Waals surface area contributed by atoms with Gasteiger partial charge in [0.15, 0.2) is 0 Å². The van der Waals surface area contributed by atoms with Gasteiger partial charge in [0.25, 0.3) is 0 Å². The minimum atomic E-state index is 0.119. The predicted octanol–water partition coefficient (Wildman–Crippen LogP) is 1.00. The second-order valence-corrected chi connectivity index (χ2v) is 3.79. The molecule has 80 valence electrons. The highest BCUT2D eigenvalue weighted by Crippen LogP contribution is 2.25. The first kappa shape index (κ1) is 9.96. The molecule has 15 heavy (non-hydrogen) atoms. The van der Waals surface area contributed by atoms with E-state index in [2.05, 4.69) is 10.3 Å². The predicted molar refractivity (Wildman–Crippen MR) is 55.9 cm³/mol. The molecule has 0 saturated carbocycles. The Kier molecular flexibility index (Phi) is 2.58. The summed E-state index contributed by atoms with van der Waals surface area (Å²) in [5, 5.41) is 2.82. The Bertz CT molecular complexity index is 390. The zero-order chi connectivity index (χ0) is 10.8. The number of nitrogens with one attached hydrogen (secondary N) is 1. The number of methoxy groups -OCH3 is 1. The molecule has 0 aromatic carbocycles. The Morgan fingerprint density at radius 1 is 1.53 bits per heavy atom. The molecule has 1 aromatic rings. The van der Waals surface area contributed by atoms with Crippen LogP contribution in [0, 0.1) is 6.92 Å². The summed E-state index contributed by atoms with van der Waals surface area (Å²) >= 11 is 0. The molecule has 4 heteroatoms. The number of aromatic nitrogens is 1. The average molecular weight is 206 g/mol. The summed E-state index contributed by atoms with van der Waals surface area (Å²) in [5.74, 6) is 0.992. The number of nitrogens with zero attached hydrogens (tertiary/aromatic N) is 1. The van der Waals surface area contributed by atoms with Crippen LogP contribution in [0.4, 0.5) is 0 Å². The van der Waals surface area contributed by atoms with Crippen molar-refractivity contribution in [3.8, 4) is 5.88 Å². The van der Waals surface area contributed by atoms with E-state index in [9.17, 15) is 4.79 Å². The van der Waals surface area contributed by atoms with Gasteiger partial charge in [0.05, 0.1) is 7.11 Å². The number of hydrogen-bond acceptors (Lipinski definition) is 3. The quantitative estimate of drug-likeness (QED) is 0.785. The Balaban J connectivity index is 2.27. The summed E-state index contributed by atoms with van der Waals surface area (Å²) in [6.45, 7) is 2.64. The molecule has 1 amide bonds. The van der Waals surface area contributed by atoms with Crippen LogP contribution in [-0.4, -0.2) is 24.5 Å². The standard InChI is InChI=1S/C11H14N2O2/c1-7-3-8(5-11(13-7)15-2)9-4-10(14)12-6-9/h3,5,9H,4,6H2,1-2H3,(H,12,14). The highest BCUT2D eigenvalue weighted by atomic mass is 16.5. The maximum atomic E-state index is 11.1. The highest BCUT2D eigenvalue weighted by Gasteiger charge is 2.23. The van der Waals surface area contributed by atoms with Crippen molar-refractivity contribution in [3.05, 3.63) is 23.4 Å². The van der Waals surface area contributed by atoms with Crippen molar-refractivity contribution in [2.24, 2.45) is 0 Å². The molecule has 1 aliphatic rings. The maximum absolute atomic E-state index is 11.1. The van der Waals surface area contributed by atoms with Crippen molar-refractivity contribution >= 4 is 5.91 Å². The fraction of sp³-hybridized carbons (Fsp3) is 0.455. The van der Waals surface area contributed by atoms with Crippen molar-refractivity contribution in [1.82, 2.24) is 10.3 Å². The third-order valence-electron chi connectivity index (χ3n) is 2.61. The molecule has 0 spiro atoms. The van der Waals surface area contributed by atoms with Gasteiger partial charge in [-0.2, -0.15) is 0 Å². The van der Waals surface area contributed by atoms with Gasteiger partial charge in [-0.15, -0.1) is 0 Å². The molecule has 2 rings (SSSR count). The summed E-state index contributed by atoms with van der Waals surface area (Å²) in [6.07, 6.45) is 0.562. The van der Waals surface area contributed by atoms with Gasteiger partial charge in [-0.05, 0) is 18.6 Å². The fourth-order valence-electron chi connectivity index (χ4n) is 1.84. The summed E-state index contributed by atoms with van der Waals surface area (Å²) in [4.78, 5) is 15.3. The molecular formula is C11H14N2O2. The van der Waals surface area contributed by atoms with Crippen molar-refractivity contribution in [2.45, 2.75) is 19.3 Å². The minimum absolute atomic E-state index is 0.119. The van der Waals surface area contributed by atoms with Gasteiger partial charge >= 0.3 is 0 Å². The molecule has 1 fully saturated rings. The number of hydrogen-bond donors (Lipinski definition) is 1. The van der Waals surface area contributed by atoms with Crippen LogP contribution in [0.25, 0.3) is 0 Å². The second kappa shape index (κ2) is 3.88. The first-order valence-corrected chi connectivity index (χ1v) is 4.98. The van der Waals surface area contributed by atoms with Gasteiger partial charge in [-0.25, -0.2) is 4.98 Å². The zero-order valence-corrected chi connectivity index (χ0v) is 8.91. The van der Waals surface area contributed by atoms with Crippen LogP contribution in [0.2, 0.25) is 0 Å². The first-order chi connectivity index (χ1) is 7.19. The normalized spacial score (nSPS) is 20.1. The zero-order valence-electron chi connectivity index (χ0n) is 8.91. The summed E-state index contributed by atoms with van der Waals surface area (Å²) in [6, 6.07) is 3.91. The van der Waals surface area contributed by atoms with E-state index in [0.29, 0.717) is 18.8 Å². The number of carbonyl (C=O) groups excluding carboxylic acids is 1. The number of aryl methyl sites for hydroxylation is 1. The van der Waals surface area contributed by atoms with Gasteiger partial charge in [0.1, 0.15) is 0 Å². The lowest BCUT2D eigenvalue weighted by Crippen LogP contribution is -2.13. The van der Waals surface area contributed by atoms with Gasteiger partial charge in [-0.3, -0.25) is 4.79 Å². The van der Waals surface area contributed by atoms with Crippen LogP contribution in [-0.2, 0) is 4.79 Å². The molecule has 4 nitrogen and oxygen atoms in total. The lowest BCUT2D eigenvalue weighted by atomic mass is 9.98. The van der Waals surface area contributed by atoms with E-state index in [0.717, 1.165) is 11.3 Å². The lowest BCUT2D eigenvalue weighted by molar-refractivity contribution is -0.119. The Morgan fingerprint density at radius 2 is 2.33 bits per heavy atom. The van der Waals surface area contributed by atoms with Crippen molar-refractivity contribution in [1.29, 1.82) is 0 Å². The summed E-state index contributed by atoms with van der Waals surface area (Å²) < 4.78 is 5.11. The number of ether oxygens (including phenoxy) is 1. The van der Waals surface area contributed by atoms with Crippen molar-refractivity contribution < 1.29 is 9.53 Å². The average Bonchev–Trinajstić information content (AvgIpc) is 2.64. The molecule has 0 bridgehead atoms. The van der Waals surface area contributed by atoms with Crippen molar-refractivity contribution in [2.75, 3.05) is 13.7 Å². The molecule has 1 aliphatic heterocycles. The molecule has 0 radical (unpaired) electrons. The summed E-state index contributed by atoms with van der Waals surface area (Å²) in [5.41, 5.74) is 2.04. The van der Waals surface area contributed by atoms with Gasteiger partial charge in [-0.1, -0.05) is 0 Å². The number of amides is 1. The number of carbonyl (C=O) groups is 1. The number of rotatable bonds is 2. The van der Waals surface area contributed by atoms with Crippen LogP contribution in [0.15, 0.2) is 12.1 Å². The molecule has 2 heterocycles. The molecule has 0 aliphatic carbocycles. The Labute approximate surface area is 88.7 Å². The SMILES string of the molecule is COc1cc(C2CNC(=O)C2)cc(C)n1. The van der Waals surface area contributed by atoms with E-state index in [-0.39, 0.29) is 11.8 Å². The van der Waals surface area contributed by atoms with Crippen LogP contribution in [0.1, 0.15) is 23.6 Å². The van der Waals surface area contributed by atoms with Crippen LogP contribution < -0.4 is 10.1 Å². The molecule has 1 saturated heterocycles. The number of pyridine rings is 1. The van der Waals surface area contributed by atoms with Gasteiger partial charge in [0.2, 0.25) is 11.8 Å². The van der Waals surface area contributed by atoms with Gasteiger partial charge < -0.3 is 10.1 Å². The molecule has 1 atom stereocenters. The third-order valence-corrected chi connectivity index (χ3v) is 2.61. The van der Waals surface area contributed by atoms with Crippen LogP contribution >= 0.6 is 0 Å². The second-order valence-electron chi connectivity index (χ2n) is 3.79. The molecule has 1 N–H and O–H groups in total. The fourth-order valence-corrected chi connectivity index (χ4v) is 1.84. The minimum Gasteiger partial charge on any atom is -0.481 e. The first-order valence-electron chi connectivity index (χ1n) is 4.98. The highest BCUT2D eigenvalue weighted by molar-refractivity contribution is 5.79. The molecule has 1 aromatic heterocycles.